The Bertz CT molecular complexity index is 563. The minimum Gasteiger partial charge on any atom is -0.449 e. The standard InChI is InChI=1S/C15H20N2O5/c1-3-10-12(9-16(20)21)11-7-5-6-8-13(11)17(14(10)18)15(19)22-4-2/h5-8,10,12,14,18H,3-4,9H2,1-2H3/t10-,12+,14-/m1/s1. The van der Waals surface area contributed by atoms with Gasteiger partial charge in [0.05, 0.1) is 18.2 Å². The van der Waals surface area contributed by atoms with Gasteiger partial charge in [-0.15, -0.1) is 0 Å². The quantitative estimate of drug-likeness (QED) is 0.681. The first-order valence-electron chi connectivity index (χ1n) is 7.36. The highest BCUT2D eigenvalue weighted by atomic mass is 16.6. The summed E-state index contributed by atoms with van der Waals surface area (Å²) in [5, 5.41) is 21.5. The molecule has 120 valence electrons. The van der Waals surface area contributed by atoms with Gasteiger partial charge in [-0.1, -0.05) is 25.1 Å². The second-order valence-corrected chi connectivity index (χ2v) is 5.24. The maximum Gasteiger partial charge on any atom is 0.416 e. The molecule has 0 bridgehead atoms. The van der Waals surface area contributed by atoms with Crippen molar-refractivity contribution >= 4 is 11.8 Å². The molecule has 1 aromatic rings. The molecule has 1 N–H and O–H groups in total. The Morgan fingerprint density at radius 3 is 2.68 bits per heavy atom. The van der Waals surface area contributed by atoms with Gasteiger partial charge in [0.15, 0.2) is 0 Å². The molecule has 3 atom stereocenters. The Labute approximate surface area is 128 Å². The molecule has 22 heavy (non-hydrogen) atoms. The van der Waals surface area contributed by atoms with Crippen molar-refractivity contribution in [3.05, 3.63) is 39.9 Å². The van der Waals surface area contributed by atoms with Crippen molar-refractivity contribution in [2.45, 2.75) is 32.4 Å². The molecule has 0 aromatic heterocycles. The lowest BCUT2D eigenvalue weighted by atomic mass is 9.78. The average Bonchev–Trinajstić information content (AvgIpc) is 2.47. The smallest absolute Gasteiger partial charge is 0.416 e. The van der Waals surface area contributed by atoms with Crippen LogP contribution in [0.25, 0.3) is 0 Å². The van der Waals surface area contributed by atoms with Crippen LogP contribution in [0, 0.1) is 16.0 Å². The third kappa shape index (κ3) is 2.89. The summed E-state index contributed by atoms with van der Waals surface area (Å²) in [6.45, 7) is 3.45. The fourth-order valence-electron chi connectivity index (χ4n) is 3.08. The van der Waals surface area contributed by atoms with Crippen molar-refractivity contribution in [2.75, 3.05) is 18.1 Å². The van der Waals surface area contributed by atoms with Crippen LogP contribution in [0.3, 0.4) is 0 Å². The Hall–Kier alpha value is -2.15. The van der Waals surface area contributed by atoms with E-state index in [4.69, 9.17) is 4.74 Å². The number of aliphatic hydroxyl groups excluding tert-OH is 1. The van der Waals surface area contributed by atoms with Gasteiger partial charge < -0.3 is 9.84 Å². The number of hydrogen-bond donors (Lipinski definition) is 1. The van der Waals surface area contributed by atoms with Gasteiger partial charge in [0.1, 0.15) is 6.23 Å². The van der Waals surface area contributed by atoms with Crippen LogP contribution in [0.15, 0.2) is 24.3 Å². The average molecular weight is 308 g/mol. The van der Waals surface area contributed by atoms with Crippen LogP contribution >= 0.6 is 0 Å². The molecule has 1 amide bonds. The third-order valence-corrected chi connectivity index (χ3v) is 4.04. The number of nitrogens with zero attached hydrogens (tertiary/aromatic N) is 2. The van der Waals surface area contributed by atoms with E-state index in [0.717, 1.165) is 0 Å². The summed E-state index contributed by atoms with van der Waals surface area (Å²) in [5.74, 6) is -0.846. The van der Waals surface area contributed by atoms with Crippen molar-refractivity contribution in [1.29, 1.82) is 0 Å². The molecule has 1 aromatic carbocycles. The zero-order valence-corrected chi connectivity index (χ0v) is 12.6. The van der Waals surface area contributed by atoms with Crippen LogP contribution in [0.2, 0.25) is 0 Å². The highest BCUT2D eigenvalue weighted by molar-refractivity contribution is 5.90. The van der Waals surface area contributed by atoms with E-state index in [0.29, 0.717) is 17.7 Å². The molecule has 7 heteroatoms. The van der Waals surface area contributed by atoms with Gasteiger partial charge in [0.2, 0.25) is 6.54 Å². The predicted octanol–water partition coefficient (Wildman–Crippen LogP) is 2.37. The number of hydrogen-bond acceptors (Lipinski definition) is 5. The van der Waals surface area contributed by atoms with E-state index in [2.05, 4.69) is 0 Å². The Morgan fingerprint density at radius 2 is 2.09 bits per heavy atom. The number of nitro groups is 1. The van der Waals surface area contributed by atoms with E-state index in [-0.39, 0.29) is 18.1 Å². The molecular weight excluding hydrogens is 288 g/mol. The number of amides is 1. The Morgan fingerprint density at radius 1 is 1.41 bits per heavy atom. The van der Waals surface area contributed by atoms with E-state index in [1.165, 1.54) is 4.90 Å². The molecule has 1 aliphatic rings. The summed E-state index contributed by atoms with van der Waals surface area (Å²) in [7, 11) is 0. The molecule has 1 heterocycles. The first-order valence-corrected chi connectivity index (χ1v) is 7.36. The second-order valence-electron chi connectivity index (χ2n) is 5.24. The lowest BCUT2D eigenvalue weighted by molar-refractivity contribution is -0.485. The molecule has 0 unspecified atom stereocenters. The van der Waals surface area contributed by atoms with Crippen molar-refractivity contribution in [1.82, 2.24) is 0 Å². The number of rotatable bonds is 4. The van der Waals surface area contributed by atoms with E-state index in [1.54, 1.807) is 31.2 Å². The van der Waals surface area contributed by atoms with Gasteiger partial charge in [0.25, 0.3) is 0 Å². The molecule has 0 radical (unpaired) electrons. The van der Waals surface area contributed by atoms with Gasteiger partial charge >= 0.3 is 6.09 Å². The fourth-order valence-corrected chi connectivity index (χ4v) is 3.08. The number of fused-ring (bicyclic) bond motifs is 1. The number of anilines is 1. The number of carbonyl (C=O) groups is 1. The molecule has 1 aliphatic heterocycles. The largest absolute Gasteiger partial charge is 0.449 e. The molecule has 0 saturated carbocycles. The summed E-state index contributed by atoms with van der Waals surface area (Å²) in [4.78, 5) is 24.0. The number of ether oxygens (including phenoxy) is 1. The maximum atomic E-state index is 12.2. The van der Waals surface area contributed by atoms with Crippen LogP contribution in [0.4, 0.5) is 10.5 Å². The molecule has 0 aliphatic carbocycles. The van der Waals surface area contributed by atoms with Gasteiger partial charge in [-0.25, -0.2) is 4.79 Å². The van der Waals surface area contributed by atoms with Gasteiger partial charge in [-0.3, -0.25) is 15.0 Å². The Kier molecular flexibility index (Phi) is 4.97. The lowest BCUT2D eigenvalue weighted by Crippen LogP contribution is -2.51. The highest BCUT2D eigenvalue weighted by Gasteiger charge is 2.44. The molecule has 2 rings (SSSR count). The van der Waals surface area contributed by atoms with E-state index in [1.807, 2.05) is 6.92 Å². The monoisotopic (exact) mass is 308 g/mol. The maximum absolute atomic E-state index is 12.2. The van der Waals surface area contributed by atoms with E-state index >= 15 is 0 Å². The van der Waals surface area contributed by atoms with E-state index < -0.39 is 24.2 Å². The molecule has 7 nitrogen and oxygen atoms in total. The third-order valence-electron chi connectivity index (χ3n) is 4.04. The summed E-state index contributed by atoms with van der Waals surface area (Å²) in [5.41, 5.74) is 1.18. The van der Waals surface area contributed by atoms with Gasteiger partial charge in [-0.2, -0.15) is 0 Å². The number of carbonyl (C=O) groups excluding carboxylic acids is 1. The molecule has 0 fully saturated rings. The van der Waals surface area contributed by atoms with Crippen LogP contribution in [-0.2, 0) is 4.74 Å². The second kappa shape index (κ2) is 6.74. The molecule has 0 spiro atoms. The zero-order chi connectivity index (χ0) is 16.3. The van der Waals surface area contributed by atoms with E-state index in [9.17, 15) is 20.0 Å². The first kappa shape index (κ1) is 16.2. The predicted molar refractivity (Wildman–Crippen MR) is 80.3 cm³/mol. The summed E-state index contributed by atoms with van der Waals surface area (Å²) in [6.07, 6.45) is -1.26. The summed E-state index contributed by atoms with van der Waals surface area (Å²) in [6, 6.07) is 6.95. The fraction of sp³-hybridized carbons (Fsp3) is 0.533. The molecular formula is C15H20N2O5. The first-order chi connectivity index (χ1) is 10.5. The normalized spacial score (nSPS) is 23.8. The topological polar surface area (TPSA) is 92.9 Å². The van der Waals surface area contributed by atoms with Crippen molar-refractivity contribution in [3.63, 3.8) is 0 Å². The highest BCUT2D eigenvalue weighted by Crippen LogP contribution is 2.43. The van der Waals surface area contributed by atoms with Crippen LogP contribution < -0.4 is 4.90 Å². The van der Waals surface area contributed by atoms with Crippen LogP contribution in [0.5, 0.6) is 0 Å². The van der Waals surface area contributed by atoms with Gasteiger partial charge in [-0.05, 0) is 25.0 Å². The summed E-state index contributed by atoms with van der Waals surface area (Å²) < 4.78 is 5.01. The van der Waals surface area contributed by atoms with Gasteiger partial charge in [0, 0.05) is 10.8 Å². The number of para-hydroxylation sites is 1. The molecule has 0 saturated heterocycles. The minimum absolute atomic E-state index is 0.194. The number of benzene rings is 1. The zero-order valence-electron chi connectivity index (χ0n) is 12.6. The van der Waals surface area contributed by atoms with Crippen molar-refractivity contribution in [3.8, 4) is 0 Å². The van der Waals surface area contributed by atoms with Crippen molar-refractivity contribution in [2.24, 2.45) is 5.92 Å². The van der Waals surface area contributed by atoms with Crippen molar-refractivity contribution < 1.29 is 19.6 Å². The van der Waals surface area contributed by atoms with Crippen LogP contribution in [-0.4, -0.2) is 35.5 Å². The number of aliphatic hydroxyl groups is 1. The van der Waals surface area contributed by atoms with Crippen LogP contribution in [0.1, 0.15) is 31.7 Å². The SMILES string of the molecule is CCOC(=O)N1c2ccccc2[C@@H](C[N+](=O)[O-])[C@@H](CC)[C@H]1O. The minimum atomic E-state index is -1.14. The lowest BCUT2D eigenvalue weighted by Gasteiger charge is -2.41. The summed E-state index contributed by atoms with van der Waals surface area (Å²) >= 11 is 0. The Balaban J connectivity index is 2.50.